The lowest BCUT2D eigenvalue weighted by atomic mass is 10.0. The normalized spacial score (nSPS) is 10.8. The SMILES string of the molecule is Cc1ccc(-c2ccc(OCc3cccc(F)c3F)cc2)c(F)c1F. The zero-order valence-corrected chi connectivity index (χ0v) is 13.3. The first-order chi connectivity index (χ1) is 12.0. The minimum absolute atomic E-state index is 0.0933. The predicted octanol–water partition coefficient (Wildman–Crippen LogP) is 5.80. The van der Waals surface area contributed by atoms with Gasteiger partial charge >= 0.3 is 0 Å². The van der Waals surface area contributed by atoms with E-state index in [-0.39, 0.29) is 23.3 Å². The molecule has 25 heavy (non-hydrogen) atoms. The number of rotatable bonds is 4. The Labute approximate surface area is 142 Å². The summed E-state index contributed by atoms with van der Waals surface area (Å²) in [6.07, 6.45) is 0. The molecule has 3 aromatic rings. The lowest BCUT2D eigenvalue weighted by molar-refractivity contribution is 0.297. The van der Waals surface area contributed by atoms with Gasteiger partial charge in [-0.1, -0.05) is 36.4 Å². The molecule has 0 N–H and O–H groups in total. The topological polar surface area (TPSA) is 9.23 Å². The van der Waals surface area contributed by atoms with Crippen molar-refractivity contribution in [1.29, 1.82) is 0 Å². The maximum Gasteiger partial charge on any atom is 0.166 e. The molecule has 0 atom stereocenters. The molecule has 0 saturated carbocycles. The second-order valence-corrected chi connectivity index (χ2v) is 5.58. The number of benzene rings is 3. The average molecular weight is 346 g/mol. The van der Waals surface area contributed by atoms with Crippen molar-refractivity contribution in [3.8, 4) is 16.9 Å². The van der Waals surface area contributed by atoms with Gasteiger partial charge in [0.2, 0.25) is 0 Å². The minimum atomic E-state index is -0.948. The van der Waals surface area contributed by atoms with Crippen molar-refractivity contribution < 1.29 is 22.3 Å². The minimum Gasteiger partial charge on any atom is -0.489 e. The number of halogens is 4. The largest absolute Gasteiger partial charge is 0.489 e. The number of hydrogen-bond donors (Lipinski definition) is 0. The van der Waals surface area contributed by atoms with E-state index in [1.54, 1.807) is 24.3 Å². The molecule has 0 radical (unpaired) electrons. The number of ether oxygens (including phenoxy) is 1. The Hall–Kier alpha value is -2.82. The van der Waals surface area contributed by atoms with Gasteiger partial charge in [-0.05, 0) is 36.2 Å². The molecule has 0 saturated heterocycles. The fourth-order valence-electron chi connectivity index (χ4n) is 2.42. The molecule has 0 amide bonds. The maximum atomic E-state index is 14.0. The van der Waals surface area contributed by atoms with Crippen LogP contribution in [0.3, 0.4) is 0 Å². The van der Waals surface area contributed by atoms with Crippen LogP contribution in [0.25, 0.3) is 11.1 Å². The molecule has 0 heterocycles. The Bertz CT molecular complexity index is 904. The van der Waals surface area contributed by atoms with Gasteiger partial charge in [-0.15, -0.1) is 0 Å². The molecular weight excluding hydrogens is 332 g/mol. The second kappa shape index (κ2) is 6.97. The van der Waals surface area contributed by atoms with E-state index in [1.165, 1.54) is 31.2 Å². The number of aryl methyl sites for hydroxylation is 1. The van der Waals surface area contributed by atoms with Gasteiger partial charge < -0.3 is 4.74 Å². The third-order valence-corrected chi connectivity index (χ3v) is 3.87. The van der Waals surface area contributed by atoms with Gasteiger partial charge in [-0.25, -0.2) is 17.6 Å². The maximum absolute atomic E-state index is 14.0. The lowest BCUT2D eigenvalue weighted by Crippen LogP contribution is -2.00. The van der Waals surface area contributed by atoms with Crippen molar-refractivity contribution in [2.75, 3.05) is 0 Å². The van der Waals surface area contributed by atoms with Crippen molar-refractivity contribution in [3.05, 3.63) is 89.0 Å². The Morgan fingerprint density at radius 3 is 2.20 bits per heavy atom. The van der Waals surface area contributed by atoms with Gasteiger partial charge in [-0.3, -0.25) is 0 Å². The van der Waals surface area contributed by atoms with E-state index in [0.717, 1.165) is 6.07 Å². The van der Waals surface area contributed by atoms with Crippen LogP contribution in [0, 0.1) is 30.2 Å². The monoisotopic (exact) mass is 346 g/mol. The summed E-state index contributed by atoms with van der Waals surface area (Å²) in [7, 11) is 0. The molecule has 1 nitrogen and oxygen atoms in total. The molecular formula is C20H14F4O. The molecule has 0 aliphatic rings. The zero-order valence-electron chi connectivity index (χ0n) is 13.3. The molecule has 3 rings (SSSR count). The van der Waals surface area contributed by atoms with Gasteiger partial charge in [0.15, 0.2) is 23.3 Å². The molecule has 0 spiro atoms. The first-order valence-corrected chi connectivity index (χ1v) is 7.58. The van der Waals surface area contributed by atoms with Crippen LogP contribution in [0.1, 0.15) is 11.1 Å². The summed E-state index contributed by atoms with van der Waals surface area (Å²) < 4.78 is 59.8. The standard InChI is InChI=1S/C20H14F4O/c1-12-5-10-16(20(24)18(12)22)13-6-8-15(9-7-13)25-11-14-3-2-4-17(21)19(14)23/h2-10H,11H2,1H3. The van der Waals surface area contributed by atoms with E-state index in [1.807, 2.05) is 0 Å². The highest BCUT2D eigenvalue weighted by Crippen LogP contribution is 2.28. The van der Waals surface area contributed by atoms with Crippen molar-refractivity contribution >= 4 is 0 Å². The first kappa shape index (κ1) is 17.0. The van der Waals surface area contributed by atoms with Crippen LogP contribution in [0.4, 0.5) is 17.6 Å². The fourth-order valence-corrected chi connectivity index (χ4v) is 2.42. The summed E-state index contributed by atoms with van der Waals surface area (Å²) in [4.78, 5) is 0. The molecule has 5 heteroatoms. The number of hydrogen-bond acceptors (Lipinski definition) is 1. The first-order valence-electron chi connectivity index (χ1n) is 7.58. The highest BCUT2D eigenvalue weighted by atomic mass is 19.2. The van der Waals surface area contributed by atoms with Gasteiger partial charge in [0.25, 0.3) is 0 Å². The summed E-state index contributed by atoms with van der Waals surface area (Å²) in [5.41, 5.74) is 0.959. The molecule has 3 aromatic carbocycles. The highest BCUT2D eigenvalue weighted by Gasteiger charge is 2.13. The van der Waals surface area contributed by atoms with E-state index in [9.17, 15) is 17.6 Å². The lowest BCUT2D eigenvalue weighted by Gasteiger charge is -2.10. The Kier molecular flexibility index (Phi) is 4.74. The van der Waals surface area contributed by atoms with Crippen molar-refractivity contribution in [2.24, 2.45) is 0 Å². The highest BCUT2D eigenvalue weighted by molar-refractivity contribution is 5.65. The molecule has 0 aromatic heterocycles. The van der Waals surface area contributed by atoms with Crippen LogP contribution in [-0.2, 0) is 6.61 Å². The molecule has 0 aliphatic heterocycles. The Morgan fingerprint density at radius 1 is 0.760 bits per heavy atom. The van der Waals surface area contributed by atoms with E-state index >= 15 is 0 Å². The smallest absolute Gasteiger partial charge is 0.166 e. The summed E-state index contributed by atoms with van der Waals surface area (Å²) in [5.74, 6) is -3.26. The molecule has 0 aliphatic carbocycles. The zero-order chi connectivity index (χ0) is 18.0. The van der Waals surface area contributed by atoms with E-state index in [0.29, 0.717) is 11.3 Å². The van der Waals surface area contributed by atoms with Crippen molar-refractivity contribution in [3.63, 3.8) is 0 Å². The quantitative estimate of drug-likeness (QED) is 0.543. The summed E-state index contributed by atoms with van der Waals surface area (Å²) in [6.45, 7) is 1.35. The van der Waals surface area contributed by atoms with Crippen LogP contribution in [-0.4, -0.2) is 0 Å². The Morgan fingerprint density at radius 2 is 1.48 bits per heavy atom. The van der Waals surface area contributed by atoms with Crippen LogP contribution in [0.2, 0.25) is 0 Å². The van der Waals surface area contributed by atoms with Crippen LogP contribution < -0.4 is 4.74 Å². The fraction of sp³-hybridized carbons (Fsp3) is 0.100. The Balaban J connectivity index is 1.77. The van der Waals surface area contributed by atoms with Gasteiger partial charge in [-0.2, -0.15) is 0 Å². The summed E-state index contributed by atoms with van der Waals surface area (Å²) >= 11 is 0. The third-order valence-electron chi connectivity index (χ3n) is 3.87. The summed E-state index contributed by atoms with van der Waals surface area (Å²) in [5, 5.41) is 0. The summed E-state index contributed by atoms with van der Waals surface area (Å²) in [6, 6.07) is 13.1. The van der Waals surface area contributed by atoms with Crippen LogP contribution in [0.5, 0.6) is 5.75 Å². The predicted molar refractivity (Wildman–Crippen MR) is 87.2 cm³/mol. The van der Waals surface area contributed by atoms with E-state index in [4.69, 9.17) is 4.74 Å². The van der Waals surface area contributed by atoms with Crippen molar-refractivity contribution in [1.82, 2.24) is 0 Å². The van der Waals surface area contributed by atoms with Gasteiger partial charge in [0, 0.05) is 11.1 Å². The molecule has 0 fully saturated rings. The average Bonchev–Trinajstić information content (AvgIpc) is 2.62. The molecule has 128 valence electrons. The van der Waals surface area contributed by atoms with Crippen molar-refractivity contribution in [2.45, 2.75) is 13.5 Å². The van der Waals surface area contributed by atoms with E-state index in [2.05, 4.69) is 0 Å². The van der Waals surface area contributed by atoms with Gasteiger partial charge in [0.1, 0.15) is 12.4 Å². The van der Waals surface area contributed by atoms with Gasteiger partial charge in [0.05, 0.1) is 0 Å². The van der Waals surface area contributed by atoms with Crippen LogP contribution >= 0.6 is 0 Å². The van der Waals surface area contributed by atoms with E-state index < -0.39 is 23.3 Å². The third kappa shape index (κ3) is 3.50. The second-order valence-electron chi connectivity index (χ2n) is 5.58. The molecule has 0 bridgehead atoms. The van der Waals surface area contributed by atoms with Crippen LogP contribution in [0.15, 0.2) is 54.6 Å². The molecule has 0 unspecified atom stereocenters.